The molecule has 0 aromatic heterocycles. The molecule has 9 nitrogen and oxygen atoms in total. The third kappa shape index (κ3) is 4.39. The van der Waals surface area contributed by atoms with Gasteiger partial charge in [0.05, 0.1) is 7.11 Å². The highest BCUT2D eigenvalue weighted by molar-refractivity contribution is 8.01. The standard InChI is InChI=1S/C21H25N3O6S/c1-11(10-13(25)30-4)22-14(12-8-6-5-7-9-12)17(26)23-15-18(27)24-16(20(28)29)21(2,3)31-19(15)24/h5-10,14-16,19,22H,1-4H3,(H,23,26)(H,28,29)/t14-,15-,16+,19-/m1/s1. The summed E-state index contributed by atoms with van der Waals surface area (Å²) >= 11 is 1.36. The number of aliphatic carboxylic acids is 1. The van der Waals surface area contributed by atoms with Crippen molar-refractivity contribution in [3.05, 3.63) is 47.7 Å². The number of nitrogens with zero attached hydrogens (tertiary/aromatic N) is 1. The van der Waals surface area contributed by atoms with E-state index in [1.54, 1.807) is 45.0 Å². The third-order valence-electron chi connectivity index (χ3n) is 5.28. The quantitative estimate of drug-likeness (QED) is 0.322. The number of rotatable bonds is 7. The van der Waals surface area contributed by atoms with Gasteiger partial charge in [-0.05, 0) is 26.3 Å². The molecule has 1 aromatic carbocycles. The minimum Gasteiger partial charge on any atom is -0.480 e. The van der Waals surface area contributed by atoms with E-state index in [1.165, 1.54) is 29.8 Å². The number of hydrogen-bond donors (Lipinski definition) is 3. The highest BCUT2D eigenvalue weighted by atomic mass is 32.2. The van der Waals surface area contributed by atoms with Crippen molar-refractivity contribution in [3.63, 3.8) is 0 Å². The number of benzene rings is 1. The Morgan fingerprint density at radius 1 is 1.26 bits per heavy atom. The van der Waals surface area contributed by atoms with Crippen LogP contribution in [0.5, 0.6) is 0 Å². The second kappa shape index (κ2) is 8.62. The largest absolute Gasteiger partial charge is 0.480 e. The van der Waals surface area contributed by atoms with Crippen molar-refractivity contribution < 1.29 is 29.0 Å². The zero-order valence-electron chi connectivity index (χ0n) is 17.6. The fraction of sp³-hybridized carbons (Fsp3) is 0.429. The molecule has 0 spiro atoms. The van der Waals surface area contributed by atoms with Crippen LogP contribution in [0.25, 0.3) is 0 Å². The summed E-state index contributed by atoms with van der Waals surface area (Å²) in [6.45, 7) is 5.18. The second-order valence-corrected chi connectivity index (χ2v) is 9.69. The van der Waals surface area contributed by atoms with Crippen molar-refractivity contribution in [2.24, 2.45) is 0 Å². The van der Waals surface area contributed by atoms with Crippen LogP contribution < -0.4 is 10.6 Å². The smallest absolute Gasteiger partial charge is 0.332 e. The highest BCUT2D eigenvalue weighted by Gasteiger charge is 2.64. The molecule has 2 heterocycles. The maximum Gasteiger partial charge on any atom is 0.332 e. The van der Waals surface area contributed by atoms with Gasteiger partial charge in [0.1, 0.15) is 23.5 Å². The molecule has 3 N–H and O–H groups in total. The van der Waals surface area contributed by atoms with Crippen molar-refractivity contribution in [1.29, 1.82) is 0 Å². The van der Waals surface area contributed by atoms with Gasteiger partial charge in [0.2, 0.25) is 11.8 Å². The van der Waals surface area contributed by atoms with Crippen LogP contribution >= 0.6 is 11.8 Å². The van der Waals surface area contributed by atoms with Gasteiger partial charge in [0.15, 0.2) is 0 Å². The summed E-state index contributed by atoms with van der Waals surface area (Å²) in [6.07, 6.45) is 1.23. The molecule has 10 heteroatoms. The number of carbonyl (C=O) groups excluding carboxylic acids is 3. The lowest BCUT2D eigenvalue weighted by Gasteiger charge is -2.44. The predicted molar refractivity (Wildman–Crippen MR) is 114 cm³/mol. The number of allylic oxidation sites excluding steroid dienone is 1. The third-order valence-corrected chi connectivity index (χ3v) is 6.85. The molecule has 0 radical (unpaired) electrons. The lowest BCUT2D eigenvalue weighted by Crippen LogP contribution is -2.71. The molecule has 1 aromatic rings. The summed E-state index contributed by atoms with van der Waals surface area (Å²) in [5.74, 6) is -2.51. The van der Waals surface area contributed by atoms with Gasteiger partial charge >= 0.3 is 11.9 Å². The Balaban J connectivity index is 1.79. The Bertz CT molecular complexity index is 932. The highest BCUT2D eigenvalue weighted by Crippen LogP contribution is 2.50. The molecule has 3 rings (SSSR count). The predicted octanol–water partition coefficient (Wildman–Crippen LogP) is 1.03. The van der Waals surface area contributed by atoms with Crippen molar-refractivity contribution >= 4 is 35.5 Å². The van der Waals surface area contributed by atoms with Gasteiger partial charge in [-0.1, -0.05) is 30.3 Å². The monoisotopic (exact) mass is 447 g/mol. The summed E-state index contributed by atoms with van der Waals surface area (Å²) in [5, 5.41) is 14.8. The van der Waals surface area contributed by atoms with Gasteiger partial charge in [-0.3, -0.25) is 9.59 Å². The Labute approximate surface area is 184 Å². The lowest BCUT2D eigenvalue weighted by atomic mass is 9.95. The number of amides is 2. The van der Waals surface area contributed by atoms with E-state index < -0.39 is 52.0 Å². The van der Waals surface area contributed by atoms with Gasteiger partial charge in [-0.15, -0.1) is 11.8 Å². The molecule has 2 aliphatic rings. The minimum absolute atomic E-state index is 0.416. The first-order valence-electron chi connectivity index (χ1n) is 9.67. The van der Waals surface area contributed by atoms with Crippen LogP contribution in [0, 0.1) is 0 Å². The zero-order chi connectivity index (χ0) is 22.9. The minimum atomic E-state index is -1.06. The van der Waals surface area contributed by atoms with Crippen LogP contribution in [0.15, 0.2) is 42.1 Å². The number of β-lactam (4-membered cyclic amide) rings is 1. The van der Waals surface area contributed by atoms with Gasteiger partial charge in [-0.2, -0.15) is 0 Å². The number of carboxylic acid groups (broad SMARTS) is 1. The van der Waals surface area contributed by atoms with Crippen molar-refractivity contribution in [2.45, 2.75) is 49.0 Å². The number of fused-ring (bicyclic) bond motifs is 1. The molecule has 0 unspecified atom stereocenters. The van der Waals surface area contributed by atoms with E-state index in [4.69, 9.17) is 0 Å². The molecular formula is C21H25N3O6S. The van der Waals surface area contributed by atoms with Crippen LogP contribution in [0.4, 0.5) is 0 Å². The van der Waals surface area contributed by atoms with Crippen molar-refractivity contribution in [1.82, 2.24) is 15.5 Å². The van der Waals surface area contributed by atoms with Crippen LogP contribution in [-0.2, 0) is 23.9 Å². The first kappa shape index (κ1) is 22.7. The molecule has 31 heavy (non-hydrogen) atoms. The summed E-state index contributed by atoms with van der Waals surface area (Å²) in [6, 6.07) is 6.25. The molecule has 2 aliphatic heterocycles. The number of thioether (sulfide) groups is 1. The Morgan fingerprint density at radius 3 is 2.48 bits per heavy atom. The topological polar surface area (TPSA) is 125 Å². The molecule has 0 aliphatic carbocycles. The molecule has 2 saturated heterocycles. The lowest BCUT2D eigenvalue weighted by molar-refractivity contribution is -0.161. The average molecular weight is 448 g/mol. The van der Waals surface area contributed by atoms with E-state index in [0.717, 1.165) is 0 Å². The van der Waals surface area contributed by atoms with Gasteiger partial charge in [-0.25, -0.2) is 9.59 Å². The number of esters is 1. The molecule has 2 fully saturated rings. The number of carboxylic acids is 1. The van der Waals surface area contributed by atoms with Crippen LogP contribution in [0.2, 0.25) is 0 Å². The first-order valence-corrected chi connectivity index (χ1v) is 10.6. The normalized spacial score (nSPS) is 25.2. The number of hydrogen-bond acceptors (Lipinski definition) is 7. The summed E-state index contributed by atoms with van der Waals surface area (Å²) in [5.41, 5.74) is 1.06. The molecule has 166 valence electrons. The van der Waals surface area contributed by atoms with Crippen molar-refractivity contribution in [3.8, 4) is 0 Å². The molecule has 2 amide bonds. The van der Waals surface area contributed by atoms with E-state index in [9.17, 15) is 24.3 Å². The van der Waals surface area contributed by atoms with Crippen molar-refractivity contribution in [2.75, 3.05) is 7.11 Å². The van der Waals surface area contributed by atoms with Gasteiger partial charge < -0.3 is 25.4 Å². The van der Waals surface area contributed by atoms with E-state index in [0.29, 0.717) is 11.3 Å². The van der Waals surface area contributed by atoms with Gasteiger partial charge in [0.25, 0.3) is 0 Å². The summed E-state index contributed by atoms with van der Waals surface area (Å²) < 4.78 is 3.94. The fourth-order valence-corrected chi connectivity index (χ4v) is 5.46. The number of methoxy groups -OCH3 is 1. The maximum absolute atomic E-state index is 13.1. The zero-order valence-corrected chi connectivity index (χ0v) is 18.4. The molecular weight excluding hydrogens is 422 g/mol. The number of ether oxygens (including phenoxy) is 1. The Morgan fingerprint density at radius 2 is 1.90 bits per heavy atom. The summed E-state index contributed by atoms with van der Waals surface area (Å²) in [4.78, 5) is 50.3. The fourth-order valence-electron chi connectivity index (χ4n) is 3.83. The SMILES string of the molecule is COC(=O)C=C(C)N[C@@H](C(=O)N[C@@H]1C(=O)N2[C@@H]1SC(C)(C)[C@@H]2C(=O)O)c1ccccc1. The maximum atomic E-state index is 13.1. The van der Waals surface area contributed by atoms with E-state index in [-0.39, 0.29) is 0 Å². The molecule has 0 bridgehead atoms. The van der Waals surface area contributed by atoms with Crippen LogP contribution in [0.3, 0.4) is 0 Å². The second-order valence-electron chi connectivity index (χ2n) is 7.92. The molecule has 0 saturated carbocycles. The first-order chi connectivity index (χ1) is 14.6. The van der Waals surface area contributed by atoms with Crippen LogP contribution in [0.1, 0.15) is 32.4 Å². The Hall–Kier alpha value is -3.01. The van der Waals surface area contributed by atoms with Gasteiger partial charge in [0, 0.05) is 16.5 Å². The van der Waals surface area contributed by atoms with Crippen LogP contribution in [-0.4, -0.2) is 63.1 Å². The number of carbonyl (C=O) groups is 4. The number of nitrogens with one attached hydrogen (secondary N) is 2. The van der Waals surface area contributed by atoms with E-state index in [1.807, 2.05) is 6.07 Å². The molecule has 4 atom stereocenters. The summed E-state index contributed by atoms with van der Waals surface area (Å²) in [7, 11) is 1.26. The van der Waals surface area contributed by atoms with E-state index in [2.05, 4.69) is 15.4 Å². The van der Waals surface area contributed by atoms with E-state index >= 15 is 0 Å². The Kier molecular flexibility index (Phi) is 6.30. The average Bonchev–Trinajstić information content (AvgIpc) is 2.98.